The van der Waals surface area contributed by atoms with Crippen LogP contribution in [-0.2, 0) is 0 Å². The number of nitrogens with one attached hydrogen (secondary N) is 1. The molecule has 1 aromatic heterocycles. The van der Waals surface area contributed by atoms with Crippen LogP contribution in [0.4, 0.5) is 17.5 Å². The molecule has 0 spiro atoms. The van der Waals surface area contributed by atoms with Crippen LogP contribution in [0.2, 0.25) is 0 Å². The molecule has 2 aromatic carbocycles. The third-order valence-electron chi connectivity index (χ3n) is 5.51. The Hall–Kier alpha value is -3.41. The van der Waals surface area contributed by atoms with Crippen molar-refractivity contribution in [1.29, 1.82) is 0 Å². The van der Waals surface area contributed by atoms with Gasteiger partial charge in [-0.3, -0.25) is 4.79 Å². The average molecular weight is 416 g/mol. The van der Waals surface area contributed by atoms with Crippen molar-refractivity contribution in [2.75, 3.05) is 36.4 Å². The lowest BCUT2D eigenvalue weighted by Gasteiger charge is -2.35. The van der Waals surface area contributed by atoms with E-state index < -0.39 is 0 Å². The van der Waals surface area contributed by atoms with Crippen LogP contribution in [0.3, 0.4) is 0 Å². The second-order valence-electron chi connectivity index (χ2n) is 8.34. The average Bonchev–Trinajstić information content (AvgIpc) is 2.74. The number of anilines is 3. The summed E-state index contributed by atoms with van der Waals surface area (Å²) < 4.78 is 0. The summed E-state index contributed by atoms with van der Waals surface area (Å²) >= 11 is 0. The van der Waals surface area contributed by atoms with Gasteiger partial charge in [0.25, 0.3) is 5.91 Å². The molecule has 6 nitrogen and oxygen atoms in total. The van der Waals surface area contributed by atoms with Gasteiger partial charge in [-0.25, -0.2) is 4.98 Å². The normalized spacial score (nSPS) is 13.9. The molecule has 31 heavy (non-hydrogen) atoms. The molecule has 0 radical (unpaired) electrons. The van der Waals surface area contributed by atoms with Crippen LogP contribution in [0.5, 0.6) is 0 Å². The van der Waals surface area contributed by atoms with E-state index >= 15 is 0 Å². The number of nitrogens with zero attached hydrogens (tertiary/aromatic N) is 4. The molecule has 1 amide bonds. The molecular weight excluding hydrogens is 386 g/mol. The minimum Gasteiger partial charge on any atom is -0.353 e. The van der Waals surface area contributed by atoms with Crippen molar-refractivity contribution in [3.63, 3.8) is 0 Å². The summed E-state index contributed by atoms with van der Waals surface area (Å²) in [4.78, 5) is 26.4. The predicted octanol–water partition coefficient (Wildman–Crippen LogP) is 4.42. The van der Waals surface area contributed by atoms with E-state index in [1.54, 1.807) is 0 Å². The highest BCUT2D eigenvalue weighted by Gasteiger charge is 2.23. The molecule has 0 unspecified atom stereocenters. The molecule has 0 aliphatic carbocycles. The zero-order valence-electron chi connectivity index (χ0n) is 18.6. The van der Waals surface area contributed by atoms with Gasteiger partial charge in [0.05, 0.1) is 0 Å². The van der Waals surface area contributed by atoms with E-state index in [1.165, 1.54) is 5.56 Å². The Bertz CT molecular complexity index is 1070. The van der Waals surface area contributed by atoms with E-state index in [9.17, 15) is 4.79 Å². The molecule has 3 aromatic rings. The first-order valence-electron chi connectivity index (χ1n) is 10.7. The van der Waals surface area contributed by atoms with Gasteiger partial charge in [0.2, 0.25) is 5.95 Å². The zero-order chi connectivity index (χ0) is 22.0. The first-order chi connectivity index (χ1) is 14.9. The molecule has 160 valence electrons. The summed E-state index contributed by atoms with van der Waals surface area (Å²) in [7, 11) is 0. The topological polar surface area (TPSA) is 61.4 Å². The number of hydrogen-bond acceptors (Lipinski definition) is 5. The maximum Gasteiger partial charge on any atom is 0.253 e. The standard InChI is InChI=1S/C25H29N5O/c1-17-5-7-22(8-6-17)27-25-26-20(4)16-23(28-25)29-9-11-30(12-10-29)24(31)21-14-18(2)13-19(3)15-21/h5-8,13-16H,9-12H2,1-4H3,(H,26,27,28). The van der Waals surface area contributed by atoms with Crippen LogP contribution in [0, 0.1) is 27.7 Å². The second-order valence-corrected chi connectivity index (χ2v) is 8.34. The summed E-state index contributed by atoms with van der Waals surface area (Å²) in [5, 5.41) is 3.30. The quantitative estimate of drug-likeness (QED) is 0.684. The van der Waals surface area contributed by atoms with Crippen LogP contribution in [0.1, 0.15) is 32.7 Å². The van der Waals surface area contributed by atoms with E-state index in [4.69, 9.17) is 4.98 Å². The number of hydrogen-bond donors (Lipinski definition) is 1. The van der Waals surface area contributed by atoms with E-state index in [0.717, 1.165) is 47.0 Å². The monoisotopic (exact) mass is 415 g/mol. The van der Waals surface area contributed by atoms with Crippen molar-refractivity contribution in [1.82, 2.24) is 14.9 Å². The van der Waals surface area contributed by atoms with Crippen LogP contribution in [0.25, 0.3) is 0 Å². The Morgan fingerprint density at radius 2 is 1.45 bits per heavy atom. The van der Waals surface area contributed by atoms with E-state index in [-0.39, 0.29) is 5.91 Å². The highest BCUT2D eigenvalue weighted by molar-refractivity contribution is 5.94. The van der Waals surface area contributed by atoms with Crippen molar-refractivity contribution in [2.24, 2.45) is 0 Å². The summed E-state index contributed by atoms with van der Waals surface area (Å²) in [5.41, 5.74) is 6.09. The Morgan fingerprint density at radius 3 is 2.10 bits per heavy atom. The van der Waals surface area contributed by atoms with E-state index in [2.05, 4.69) is 40.3 Å². The number of carbonyl (C=O) groups is 1. The SMILES string of the molecule is Cc1ccc(Nc2nc(C)cc(N3CCN(C(=O)c4cc(C)cc(C)c4)CC3)n2)cc1. The van der Waals surface area contributed by atoms with Gasteiger partial charge in [0, 0.05) is 49.2 Å². The predicted molar refractivity (Wildman–Crippen MR) is 125 cm³/mol. The molecule has 1 aliphatic heterocycles. The lowest BCUT2D eigenvalue weighted by Crippen LogP contribution is -2.49. The van der Waals surface area contributed by atoms with Crippen LogP contribution in [-0.4, -0.2) is 47.0 Å². The van der Waals surface area contributed by atoms with Crippen LogP contribution >= 0.6 is 0 Å². The minimum atomic E-state index is 0.104. The van der Waals surface area contributed by atoms with Gasteiger partial charge >= 0.3 is 0 Å². The molecule has 0 bridgehead atoms. The lowest BCUT2D eigenvalue weighted by atomic mass is 10.1. The fraction of sp³-hybridized carbons (Fsp3) is 0.320. The Labute approximate surface area is 183 Å². The number of amides is 1. The lowest BCUT2D eigenvalue weighted by molar-refractivity contribution is 0.0746. The number of aromatic nitrogens is 2. The second kappa shape index (κ2) is 8.76. The van der Waals surface area contributed by atoms with Gasteiger partial charge in [-0.1, -0.05) is 34.9 Å². The molecule has 0 atom stereocenters. The zero-order valence-corrected chi connectivity index (χ0v) is 18.6. The maximum absolute atomic E-state index is 13.0. The van der Waals surface area contributed by atoms with Crippen molar-refractivity contribution in [3.05, 3.63) is 76.5 Å². The minimum absolute atomic E-state index is 0.104. The third-order valence-corrected chi connectivity index (χ3v) is 5.51. The van der Waals surface area contributed by atoms with Crippen molar-refractivity contribution in [2.45, 2.75) is 27.7 Å². The summed E-state index contributed by atoms with van der Waals surface area (Å²) in [6, 6.07) is 16.2. The fourth-order valence-electron chi connectivity index (χ4n) is 3.96. The summed E-state index contributed by atoms with van der Waals surface area (Å²) in [5.74, 6) is 1.58. The van der Waals surface area contributed by atoms with Gasteiger partial charge < -0.3 is 15.1 Å². The first kappa shape index (κ1) is 20.8. The smallest absolute Gasteiger partial charge is 0.253 e. The number of carbonyl (C=O) groups excluding carboxylic acids is 1. The maximum atomic E-state index is 13.0. The Balaban J connectivity index is 1.44. The molecular formula is C25H29N5O. The molecule has 1 aliphatic rings. The van der Waals surface area contributed by atoms with Crippen LogP contribution < -0.4 is 10.2 Å². The fourth-order valence-corrected chi connectivity index (χ4v) is 3.96. The Kier molecular flexibility index (Phi) is 5.89. The van der Waals surface area contributed by atoms with E-state index in [1.807, 2.05) is 56.0 Å². The van der Waals surface area contributed by atoms with Crippen molar-refractivity contribution >= 4 is 23.4 Å². The third kappa shape index (κ3) is 5.02. The molecule has 1 fully saturated rings. The van der Waals surface area contributed by atoms with Gasteiger partial charge in [0.1, 0.15) is 5.82 Å². The van der Waals surface area contributed by atoms with Gasteiger partial charge in [-0.2, -0.15) is 4.98 Å². The Morgan fingerprint density at radius 1 is 0.806 bits per heavy atom. The van der Waals surface area contributed by atoms with Crippen molar-refractivity contribution in [3.8, 4) is 0 Å². The molecule has 1 N–H and O–H groups in total. The molecule has 4 rings (SSSR count). The molecule has 1 saturated heterocycles. The summed E-state index contributed by atoms with van der Waals surface area (Å²) in [6.45, 7) is 10.9. The van der Waals surface area contributed by atoms with Gasteiger partial charge in [-0.05, 0) is 52.0 Å². The summed E-state index contributed by atoms with van der Waals surface area (Å²) in [6.07, 6.45) is 0. The largest absolute Gasteiger partial charge is 0.353 e. The van der Waals surface area contributed by atoms with Gasteiger partial charge in [0.15, 0.2) is 0 Å². The van der Waals surface area contributed by atoms with Crippen LogP contribution in [0.15, 0.2) is 48.5 Å². The number of rotatable bonds is 4. The molecule has 6 heteroatoms. The number of piperazine rings is 1. The highest BCUT2D eigenvalue weighted by atomic mass is 16.2. The number of aryl methyl sites for hydroxylation is 4. The first-order valence-corrected chi connectivity index (χ1v) is 10.7. The number of benzene rings is 2. The molecule has 0 saturated carbocycles. The van der Waals surface area contributed by atoms with E-state index in [0.29, 0.717) is 19.0 Å². The highest BCUT2D eigenvalue weighted by Crippen LogP contribution is 2.21. The van der Waals surface area contributed by atoms with Gasteiger partial charge in [-0.15, -0.1) is 0 Å². The molecule has 2 heterocycles. The van der Waals surface area contributed by atoms with Crippen molar-refractivity contribution < 1.29 is 4.79 Å².